The first kappa shape index (κ1) is 19.0. The monoisotopic (exact) mass is 417 g/mol. The second-order valence-corrected chi connectivity index (χ2v) is 8.23. The maximum atomic E-state index is 12.9. The van der Waals surface area contributed by atoms with Crippen molar-refractivity contribution in [1.29, 1.82) is 0 Å². The molecule has 0 atom stereocenters. The average Bonchev–Trinajstić information content (AvgIpc) is 3.39. The van der Waals surface area contributed by atoms with Crippen LogP contribution in [0, 0.1) is 0 Å². The molecule has 2 aliphatic rings. The van der Waals surface area contributed by atoms with Crippen molar-refractivity contribution >= 4 is 46.3 Å². The SMILES string of the molecule is O=C(c1ccc(Cl)c(N2CCCC2=O)c1)N1CCN(C(=O)c2cccs2)CC1. The maximum absolute atomic E-state index is 12.9. The van der Waals surface area contributed by atoms with Crippen molar-refractivity contribution < 1.29 is 14.4 Å². The van der Waals surface area contributed by atoms with Crippen LogP contribution in [-0.2, 0) is 4.79 Å². The molecule has 0 unspecified atom stereocenters. The van der Waals surface area contributed by atoms with Gasteiger partial charge in [-0.15, -0.1) is 11.3 Å². The van der Waals surface area contributed by atoms with Crippen LogP contribution in [0.15, 0.2) is 35.7 Å². The average molecular weight is 418 g/mol. The lowest BCUT2D eigenvalue weighted by atomic mass is 10.1. The first-order valence-electron chi connectivity index (χ1n) is 9.26. The Morgan fingerprint density at radius 1 is 0.964 bits per heavy atom. The van der Waals surface area contributed by atoms with Crippen molar-refractivity contribution in [1.82, 2.24) is 9.80 Å². The summed E-state index contributed by atoms with van der Waals surface area (Å²) < 4.78 is 0. The molecule has 0 aliphatic carbocycles. The van der Waals surface area contributed by atoms with E-state index in [1.807, 2.05) is 17.5 Å². The lowest BCUT2D eigenvalue weighted by Gasteiger charge is -2.34. The van der Waals surface area contributed by atoms with Crippen LogP contribution in [0.3, 0.4) is 0 Å². The van der Waals surface area contributed by atoms with Gasteiger partial charge in [0.2, 0.25) is 5.91 Å². The van der Waals surface area contributed by atoms with Crippen LogP contribution in [-0.4, -0.2) is 60.2 Å². The fourth-order valence-electron chi connectivity index (χ4n) is 3.61. The molecule has 2 saturated heterocycles. The number of carbonyl (C=O) groups excluding carboxylic acids is 3. The molecule has 28 heavy (non-hydrogen) atoms. The molecular formula is C20H20ClN3O3S. The zero-order chi connectivity index (χ0) is 19.7. The molecule has 1 aromatic carbocycles. The third-order valence-electron chi connectivity index (χ3n) is 5.14. The number of anilines is 1. The molecule has 0 N–H and O–H groups in total. The third-order valence-corrected chi connectivity index (χ3v) is 6.32. The van der Waals surface area contributed by atoms with Gasteiger partial charge in [-0.05, 0) is 36.1 Å². The van der Waals surface area contributed by atoms with E-state index in [4.69, 9.17) is 11.6 Å². The van der Waals surface area contributed by atoms with Crippen LogP contribution in [0.2, 0.25) is 5.02 Å². The van der Waals surface area contributed by atoms with E-state index in [1.54, 1.807) is 32.9 Å². The molecule has 3 heterocycles. The normalized spacial score (nSPS) is 17.3. The number of amides is 3. The summed E-state index contributed by atoms with van der Waals surface area (Å²) in [6, 6.07) is 8.75. The van der Waals surface area contributed by atoms with Crippen LogP contribution in [0.25, 0.3) is 0 Å². The summed E-state index contributed by atoms with van der Waals surface area (Å²) in [4.78, 5) is 43.3. The molecule has 2 fully saturated rings. The molecule has 4 rings (SSSR count). The number of halogens is 1. The van der Waals surface area contributed by atoms with Crippen molar-refractivity contribution in [2.45, 2.75) is 12.8 Å². The second-order valence-electron chi connectivity index (χ2n) is 6.88. The molecular weight excluding hydrogens is 398 g/mol. The highest BCUT2D eigenvalue weighted by molar-refractivity contribution is 7.12. The van der Waals surface area contributed by atoms with Gasteiger partial charge in [0.15, 0.2) is 0 Å². The summed E-state index contributed by atoms with van der Waals surface area (Å²) in [6.45, 7) is 2.61. The molecule has 146 valence electrons. The summed E-state index contributed by atoms with van der Waals surface area (Å²) in [5.74, 6) is -0.0524. The van der Waals surface area contributed by atoms with Crippen LogP contribution in [0.4, 0.5) is 5.69 Å². The van der Waals surface area contributed by atoms with Crippen molar-refractivity contribution in [3.8, 4) is 0 Å². The Morgan fingerprint density at radius 3 is 2.29 bits per heavy atom. The van der Waals surface area contributed by atoms with Gasteiger partial charge in [-0.2, -0.15) is 0 Å². The molecule has 8 heteroatoms. The third kappa shape index (κ3) is 3.64. The number of nitrogens with zero attached hydrogens (tertiary/aromatic N) is 3. The van der Waals surface area contributed by atoms with Crippen molar-refractivity contribution in [3.63, 3.8) is 0 Å². The predicted molar refractivity (Wildman–Crippen MR) is 109 cm³/mol. The molecule has 0 radical (unpaired) electrons. The second kappa shape index (κ2) is 7.93. The molecule has 0 bridgehead atoms. The smallest absolute Gasteiger partial charge is 0.264 e. The van der Waals surface area contributed by atoms with Crippen molar-refractivity contribution in [3.05, 3.63) is 51.2 Å². The van der Waals surface area contributed by atoms with E-state index < -0.39 is 0 Å². The largest absolute Gasteiger partial charge is 0.335 e. The van der Waals surface area contributed by atoms with E-state index in [1.165, 1.54) is 11.3 Å². The lowest BCUT2D eigenvalue weighted by Crippen LogP contribution is -2.50. The Bertz CT molecular complexity index is 907. The first-order chi connectivity index (χ1) is 13.5. The Labute approximate surface area is 172 Å². The molecule has 1 aromatic heterocycles. The van der Waals surface area contributed by atoms with Crippen LogP contribution in [0.5, 0.6) is 0 Å². The minimum atomic E-state index is -0.104. The Hall–Kier alpha value is -2.38. The molecule has 3 amide bonds. The minimum absolute atomic E-state index is 0.0171. The van der Waals surface area contributed by atoms with Gasteiger partial charge in [0.05, 0.1) is 15.6 Å². The Morgan fingerprint density at radius 2 is 1.68 bits per heavy atom. The summed E-state index contributed by atoms with van der Waals surface area (Å²) in [7, 11) is 0. The molecule has 2 aromatic rings. The summed E-state index contributed by atoms with van der Waals surface area (Å²) in [5.41, 5.74) is 1.11. The highest BCUT2D eigenvalue weighted by Crippen LogP contribution is 2.31. The standard InChI is InChI=1S/C20H20ClN3O3S/c21-15-6-5-14(13-16(15)24-7-1-4-18(24)25)19(26)22-8-10-23(11-9-22)20(27)17-3-2-12-28-17/h2-3,5-6,12-13H,1,4,7-11H2. The number of piperazine rings is 1. The fraction of sp³-hybridized carbons (Fsp3) is 0.350. The van der Waals surface area contributed by atoms with Gasteiger partial charge in [-0.1, -0.05) is 17.7 Å². The quantitative estimate of drug-likeness (QED) is 0.770. The van der Waals surface area contributed by atoms with E-state index in [0.717, 1.165) is 11.3 Å². The van der Waals surface area contributed by atoms with Crippen LogP contribution < -0.4 is 4.90 Å². The molecule has 0 spiro atoms. The highest BCUT2D eigenvalue weighted by atomic mass is 35.5. The fourth-order valence-corrected chi connectivity index (χ4v) is 4.52. The topological polar surface area (TPSA) is 60.9 Å². The first-order valence-corrected chi connectivity index (χ1v) is 10.5. The molecule has 6 nitrogen and oxygen atoms in total. The molecule has 0 saturated carbocycles. The number of hydrogen-bond acceptors (Lipinski definition) is 4. The zero-order valence-electron chi connectivity index (χ0n) is 15.3. The van der Waals surface area contributed by atoms with E-state index in [0.29, 0.717) is 55.4 Å². The number of hydrogen-bond donors (Lipinski definition) is 0. The van der Waals surface area contributed by atoms with E-state index >= 15 is 0 Å². The van der Waals surface area contributed by atoms with E-state index in [-0.39, 0.29) is 17.7 Å². The van der Waals surface area contributed by atoms with E-state index in [9.17, 15) is 14.4 Å². The summed E-state index contributed by atoms with van der Waals surface area (Å²) in [6.07, 6.45) is 1.31. The van der Waals surface area contributed by atoms with Crippen LogP contribution >= 0.6 is 22.9 Å². The number of thiophene rings is 1. The van der Waals surface area contributed by atoms with Gasteiger partial charge in [0, 0.05) is 44.7 Å². The van der Waals surface area contributed by atoms with Crippen LogP contribution in [0.1, 0.15) is 32.9 Å². The number of carbonyl (C=O) groups is 3. The lowest BCUT2D eigenvalue weighted by molar-refractivity contribution is -0.117. The Balaban J connectivity index is 1.44. The van der Waals surface area contributed by atoms with Gasteiger partial charge in [-0.25, -0.2) is 0 Å². The summed E-state index contributed by atoms with van der Waals surface area (Å²) in [5, 5.41) is 2.36. The van der Waals surface area contributed by atoms with Gasteiger partial charge in [0.25, 0.3) is 11.8 Å². The minimum Gasteiger partial charge on any atom is -0.335 e. The maximum Gasteiger partial charge on any atom is 0.264 e. The van der Waals surface area contributed by atoms with Gasteiger partial charge < -0.3 is 14.7 Å². The van der Waals surface area contributed by atoms with Gasteiger partial charge in [-0.3, -0.25) is 14.4 Å². The van der Waals surface area contributed by atoms with E-state index in [2.05, 4.69) is 0 Å². The van der Waals surface area contributed by atoms with Gasteiger partial charge >= 0.3 is 0 Å². The number of rotatable bonds is 3. The highest BCUT2D eigenvalue weighted by Gasteiger charge is 2.28. The summed E-state index contributed by atoms with van der Waals surface area (Å²) >= 11 is 7.70. The number of benzene rings is 1. The van der Waals surface area contributed by atoms with Gasteiger partial charge in [0.1, 0.15) is 0 Å². The molecule has 2 aliphatic heterocycles. The predicted octanol–water partition coefficient (Wildman–Crippen LogP) is 3.13. The van der Waals surface area contributed by atoms with Crippen molar-refractivity contribution in [2.24, 2.45) is 0 Å². The Kier molecular flexibility index (Phi) is 5.37. The zero-order valence-corrected chi connectivity index (χ0v) is 16.8. The van der Waals surface area contributed by atoms with Crippen molar-refractivity contribution in [2.75, 3.05) is 37.6 Å².